The van der Waals surface area contributed by atoms with Gasteiger partial charge in [0.15, 0.2) is 5.22 Å². The van der Waals surface area contributed by atoms with Crippen LogP contribution < -0.4 is 5.32 Å². The highest BCUT2D eigenvalue weighted by Crippen LogP contribution is 2.29. The number of hydrogen-bond acceptors (Lipinski definition) is 2. The maximum absolute atomic E-state index is 13.9. The van der Waals surface area contributed by atoms with Crippen LogP contribution in [0.4, 0.5) is 8.78 Å². The molecule has 19 heavy (non-hydrogen) atoms. The molecule has 0 saturated carbocycles. The van der Waals surface area contributed by atoms with E-state index in [-0.39, 0.29) is 5.22 Å². The van der Waals surface area contributed by atoms with Gasteiger partial charge >= 0.3 is 0 Å². The predicted molar refractivity (Wildman–Crippen MR) is 70.3 cm³/mol. The van der Waals surface area contributed by atoms with Gasteiger partial charge in [0.25, 0.3) is 0 Å². The van der Waals surface area contributed by atoms with Crippen LogP contribution in [0.1, 0.15) is 29.9 Å². The van der Waals surface area contributed by atoms with Gasteiger partial charge in [0, 0.05) is 11.6 Å². The lowest BCUT2D eigenvalue weighted by Gasteiger charge is -2.17. The van der Waals surface area contributed by atoms with Gasteiger partial charge in [-0.15, -0.1) is 0 Å². The quantitative estimate of drug-likeness (QED) is 0.910. The van der Waals surface area contributed by atoms with Gasteiger partial charge in [-0.2, -0.15) is 0 Å². The molecule has 2 aromatic rings. The number of benzene rings is 1. The van der Waals surface area contributed by atoms with E-state index in [9.17, 15) is 8.78 Å². The Morgan fingerprint density at radius 2 is 2.00 bits per heavy atom. The molecule has 1 heterocycles. The van der Waals surface area contributed by atoms with Crippen molar-refractivity contribution in [2.45, 2.75) is 19.9 Å². The molecule has 0 saturated heterocycles. The Labute approximate surface area is 115 Å². The highest BCUT2D eigenvalue weighted by molar-refractivity contribution is 6.28. The lowest BCUT2D eigenvalue weighted by molar-refractivity contribution is 0.441. The minimum atomic E-state index is -0.610. The third-order valence-corrected chi connectivity index (χ3v) is 3.08. The van der Waals surface area contributed by atoms with E-state index < -0.39 is 17.7 Å². The van der Waals surface area contributed by atoms with E-state index >= 15 is 0 Å². The molecule has 0 aliphatic heterocycles. The van der Waals surface area contributed by atoms with Crippen LogP contribution in [0.5, 0.6) is 0 Å². The first-order valence-corrected chi connectivity index (χ1v) is 6.35. The van der Waals surface area contributed by atoms with Crippen LogP contribution in [0.3, 0.4) is 0 Å². The zero-order chi connectivity index (χ0) is 14.0. The van der Waals surface area contributed by atoms with Gasteiger partial charge in [0.1, 0.15) is 17.4 Å². The Bertz CT molecular complexity index is 583. The number of hydrogen-bond donors (Lipinski definition) is 1. The highest BCUT2D eigenvalue weighted by atomic mass is 35.5. The Morgan fingerprint density at radius 1 is 1.26 bits per heavy atom. The van der Waals surface area contributed by atoms with Gasteiger partial charge in [-0.1, -0.05) is 6.92 Å². The van der Waals surface area contributed by atoms with E-state index in [4.69, 9.17) is 16.0 Å². The monoisotopic (exact) mass is 285 g/mol. The van der Waals surface area contributed by atoms with Gasteiger partial charge in [-0.25, -0.2) is 8.78 Å². The summed E-state index contributed by atoms with van der Waals surface area (Å²) in [7, 11) is 0. The summed E-state index contributed by atoms with van der Waals surface area (Å²) in [5.74, 6) is -0.674. The summed E-state index contributed by atoms with van der Waals surface area (Å²) < 4.78 is 32.6. The molecule has 1 unspecified atom stereocenters. The fraction of sp³-hybridized carbons (Fsp3) is 0.286. The lowest BCUT2D eigenvalue weighted by atomic mass is 10.0. The molecule has 0 radical (unpaired) electrons. The number of halogens is 3. The zero-order valence-electron chi connectivity index (χ0n) is 10.6. The first-order chi connectivity index (χ1) is 9.02. The van der Waals surface area contributed by atoms with Crippen molar-refractivity contribution >= 4 is 11.6 Å². The molecule has 0 fully saturated rings. The molecule has 0 bridgehead atoms. The maximum Gasteiger partial charge on any atom is 0.193 e. The normalized spacial score (nSPS) is 12.7. The van der Waals surface area contributed by atoms with E-state index in [0.29, 0.717) is 23.4 Å². The smallest absolute Gasteiger partial charge is 0.193 e. The molecule has 102 valence electrons. The van der Waals surface area contributed by atoms with Crippen LogP contribution in [0, 0.1) is 18.6 Å². The van der Waals surface area contributed by atoms with Crippen molar-refractivity contribution in [1.29, 1.82) is 0 Å². The largest absolute Gasteiger partial charge is 0.448 e. The SMILES string of the molecule is CCNC(c1ccc(Cl)o1)c1cc(C)c(F)cc1F. The zero-order valence-corrected chi connectivity index (χ0v) is 11.4. The molecule has 0 aliphatic carbocycles. The van der Waals surface area contributed by atoms with E-state index in [1.165, 1.54) is 6.07 Å². The molecule has 0 spiro atoms. The second-order valence-corrected chi connectivity index (χ2v) is 4.63. The fourth-order valence-corrected chi connectivity index (χ4v) is 2.10. The van der Waals surface area contributed by atoms with Gasteiger partial charge in [0.2, 0.25) is 0 Å². The molecule has 0 aliphatic rings. The van der Waals surface area contributed by atoms with Crippen LogP contribution in [0.25, 0.3) is 0 Å². The van der Waals surface area contributed by atoms with Crippen molar-refractivity contribution in [2.24, 2.45) is 0 Å². The summed E-state index contributed by atoms with van der Waals surface area (Å²) in [6.07, 6.45) is 0. The third-order valence-electron chi connectivity index (χ3n) is 2.88. The topological polar surface area (TPSA) is 25.2 Å². The van der Waals surface area contributed by atoms with E-state index in [0.717, 1.165) is 6.07 Å². The van der Waals surface area contributed by atoms with E-state index in [1.54, 1.807) is 19.1 Å². The molecule has 0 amide bonds. The number of aryl methyl sites for hydroxylation is 1. The molecule has 1 aromatic carbocycles. The second-order valence-electron chi connectivity index (χ2n) is 4.26. The summed E-state index contributed by atoms with van der Waals surface area (Å²) in [5, 5.41) is 3.33. The van der Waals surface area contributed by atoms with Crippen molar-refractivity contribution in [1.82, 2.24) is 5.32 Å². The summed E-state index contributed by atoms with van der Waals surface area (Å²) in [4.78, 5) is 0. The fourth-order valence-electron chi connectivity index (χ4n) is 1.95. The maximum atomic E-state index is 13.9. The predicted octanol–water partition coefficient (Wildman–Crippen LogP) is 4.22. The first kappa shape index (κ1) is 14.0. The van der Waals surface area contributed by atoms with E-state index in [1.807, 2.05) is 6.92 Å². The molecule has 1 aromatic heterocycles. The summed E-state index contributed by atoms with van der Waals surface area (Å²) in [6, 6.07) is 5.15. The molecule has 1 N–H and O–H groups in total. The molecule has 5 heteroatoms. The minimum absolute atomic E-state index is 0.233. The third kappa shape index (κ3) is 2.96. The lowest BCUT2D eigenvalue weighted by Crippen LogP contribution is -2.22. The van der Waals surface area contributed by atoms with Gasteiger partial charge < -0.3 is 9.73 Å². The Morgan fingerprint density at radius 3 is 2.58 bits per heavy atom. The summed E-state index contributed by atoms with van der Waals surface area (Å²) in [6.45, 7) is 4.10. The van der Waals surface area contributed by atoms with Crippen molar-refractivity contribution in [2.75, 3.05) is 6.54 Å². The van der Waals surface area contributed by atoms with Crippen LogP contribution in [-0.4, -0.2) is 6.54 Å². The highest BCUT2D eigenvalue weighted by Gasteiger charge is 2.21. The van der Waals surface area contributed by atoms with Crippen LogP contribution in [0.2, 0.25) is 5.22 Å². The van der Waals surface area contributed by atoms with Crippen LogP contribution in [-0.2, 0) is 0 Å². The summed E-state index contributed by atoms with van der Waals surface area (Å²) >= 11 is 5.74. The minimum Gasteiger partial charge on any atom is -0.448 e. The van der Waals surface area contributed by atoms with Crippen LogP contribution >= 0.6 is 11.6 Å². The summed E-state index contributed by atoms with van der Waals surface area (Å²) in [5.41, 5.74) is 0.726. The molecular formula is C14H14ClF2NO. The molecule has 2 rings (SSSR count). The van der Waals surface area contributed by atoms with Gasteiger partial charge in [0.05, 0.1) is 6.04 Å². The van der Waals surface area contributed by atoms with Crippen molar-refractivity contribution in [3.05, 3.63) is 58.0 Å². The van der Waals surface area contributed by atoms with E-state index in [2.05, 4.69) is 5.32 Å². The van der Waals surface area contributed by atoms with Gasteiger partial charge in [-0.3, -0.25) is 0 Å². The molecular weight excluding hydrogens is 272 g/mol. The van der Waals surface area contributed by atoms with Gasteiger partial charge in [-0.05, 0) is 48.8 Å². The Hall–Kier alpha value is -1.39. The Balaban J connectivity index is 2.47. The van der Waals surface area contributed by atoms with Crippen molar-refractivity contribution < 1.29 is 13.2 Å². The molecule has 2 nitrogen and oxygen atoms in total. The average molecular weight is 286 g/mol. The van der Waals surface area contributed by atoms with Crippen LogP contribution in [0.15, 0.2) is 28.7 Å². The average Bonchev–Trinajstić information content (AvgIpc) is 2.78. The molecule has 1 atom stereocenters. The number of furan rings is 1. The standard InChI is InChI=1S/C14H14ClF2NO/c1-3-18-14(12-4-5-13(15)19-12)9-6-8(2)10(16)7-11(9)17/h4-7,14,18H,3H2,1-2H3. The second kappa shape index (κ2) is 5.72. The number of nitrogens with one attached hydrogen (secondary N) is 1. The van der Waals surface area contributed by atoms with Crippen molar-refractivity contribution in [3.63, 3.8) is 0 Å². The Kier molecular flexibility index (Phi) is 4.22. The first-order valence-electron chi connectivity index (χ1n) is 5.97. The van der Waals surface area contributed by atoms with Crippen molar-refractivity contribution in [3.8, 4) is 0 Å². The number of rotatable bonds is 4.